The summed E-state index contributed by atoms with van der Waals surface area (Å²) in [4.78, 5) is 22.2. The highest BCUT2D eigenvalue weighted by Crippen LogP contribution is 2.34. The number of benzene rings is 4. The summed E-state index contributed by atoms with van der Waals surface area (Å²) in [5, 5.41) is 10.4. The molecule has 7 rings (SSSR count). The normalized spacial score (nSPS) is 11.7. The molecule has 0 aliphatic carbocycles. The van der Waals surface area contributed by atoms with Gasteiger partial charge in [0.15, 0.2) is 5.82 Å². The number of aromatic amines is 1. The zero-order valence-electron chi connectivity index (χ0n) is 19.0. The third-order valence-electron chi connectivity index (χ3n) is 6.64. The van der Waals surface area contributed by atoms with Crippen molar-refractivity contribution in [2.24, 2.45) is 0 Å². The van der Waals surface area contributed by atoms with E-state index < -0.39 is 0 Å². The number of nitrogens with zero attached hydrogens (tertiary/aromatic N) is 3. The van der Waals surface area contributed by atoms with E-state index in [0.717, 1.165) is 49.4 Å². The fourth-order valence-corrected chi connectivity index (χ4v) is 5.01. The summed E-state index contributed by atoms with van der Waals surface area (Å²) in [6.45, 7) is 2.09. The van der Waals surface area contributed by atoms with Crippen LogP contribution in [0.25, 0.3) is 60.6 Å². The number of aromatic nitrogens is 4. The average Bonchev–Trinajstić information content (AvgIpc) is 3.27. The van der Waals surface area contributed by atoms with Gasteiger partial charge in [0, 0.05) is 32.6 Å². The van der Waals surface area contributed by atoms with Gasteiger partial charge in [0.2, 0.25) is 0 Å². The van der Waals surface area contributed by atoms with Gasteiger partial charge in [-0.25, -0.2) is 4.98 Å². The van der Waals surface area contributed by atoms with Crippen molar-refractivity contribution in [3.63, 3.8) is 0 Å². The summed E-state index contributed by atoms with van der Waals surface area (Å²) < 4.78 is 1.46. The number of pyridine rings is 1. The molecule has 3 heterocycles. The lowest BCUT2D eigenvalue weighted by Gasteiger charge is -2.13. The standard InChI is InChI=1S/C30H20N4O/c1-18-15-16-25-24(17-18)26-20-11-5-7-13-22(20)29(32-28(26)31-25)34-30(35)23-14-8-6-12-21(23)27(33-34)19-9-3-2-4-10-19/h2-17H,1H3,(H,31,32). The highest BCUT2D eigenvalue weighted by atomic mass is 16.1. The van der Waals surface area contributed by atoms with Crippen LogP contribution in [0.2, 0.25) is 0 Å². The van der Waals surface area contributed by atoms with Gasteiger partial charge < -0.3 is 4.98 Å². The summed E-state index contributed by atoms with van der Waals surface area (Å²) in [5.41, 5.74) is 4.45. The molecule has 0 saturated heterocycles. The average molecular weight is 453 g/mol. The van der Waals surface area contributed by atoms with Crippen LogP contribution in [0.4, 0.5) is 0 Å². The number of rotatable bonds is 2. The largest absolute Gasteiger partial charge is 0.339 e. The van der Waals surface area contributed by atoms with Crippen molar-refractivity contribution in [3.8, 4) is 17.1 Å². The van der Waals surface area contributed by atoms with Crippen LogP contribution < -0.4 is 5.56 Å². The van der Waals surface area contributed by atoms with Crippen LogP contribution in [-0.4, -0.2) is 19.7 Å². The van der Waals surface area contributed by atoms with E-state index in [-0.39, 0.29) is 5.56 Å². The monoisotopic (exact) mass is 452 g/mol. The van der Waals surface area contributed by atoms with Crippen molar-refractivity contribution in [2.75, 3.05) is 0 Å². The summed E-state index contributed by atoms with van der Waals surface area (Å²) in [6, 6.07) is 32.0. The van der Waals surface area contributed by atoms with Crippen molar-refractivity contribution >= 4 is 43.5 Å². The van der Waals surface area contributed by atoms with Crippen LogP contribution in [0.3, 0.4) is 0 Å². The summed E-state index contributed by atoms with van der Waals surface area (Å²) in [5.74, 6) is 0.518. The number of hydrogen-bond donors (Lipinski definition) is 1. The molecule has 0 atom stereocenters. The number of aryl methyl sites for hydroxylation is 1. The lowest BCUT2D eigenvalue weighted by atomic mass is 10.0. The van der Waals surface area contributed by atoms with E-state index in [4.69, 9.17) is 10.1 Å². The summed E-state index contributed by atoms with van der Waals surface area (Å²) >= 11 is 0. The quantitative estimate of drug-likeness (QED) is 0.324. The molecule has 0 bridgehead atoms. The zero-order chi connectivity index (χ0) is 23.5. The Hall–Kier alpha value is -4.77. The van der Waals surface area contributed by atoms with E-state index in [1.165, 1.54) is 10.2 Å². The maximum atomic E-state index is 13.8. The molecule has 0 unspecified atom stereocenters. The molecule has 0 radical (unpaired) electrons. The number of fused-ring (bicyclic) bond motifs is 6. The second-order valence-electron chi connectivity index (χ2n) is 8.86. The van der Waals surface area contributed by atoms with Gasteiger partial charge in [0.05, 0.1) is 11.1 Å². The van der Waals surface area contributed by atoms with Gasteiger partial charge in [0.1, 0.15) is 5.65 Å². The molecule has 166 valence electrons. The smallest absolute Gasteiger partial charge is 0.280 e. The van der Waals surface area contributed by atoms with Crippen molar-refractivity contribution in [3.05, 3.63) is 113 Å². The second kappa shape index (κ2) is 7.37. The Bertz CT molecular complexity index is 1980. The molecule has 0 saturated carbocycles. The van der Waals surface area contributed by atoms with E-state index in [1.807, 2.05) is 72.8 Å². The maximum Gasteiger partial charge on any atom is 0.280 e. The molecule has 0 aliphatic heterocycles. The fraction of sp³-hybridized carbons (Fsp3) is 0.0333. The van der Waals surface area contributed by atoms with Crippen LogP contribution in [-0.2, 0) is 0 Å². The van der Waals surface area contributed by atoms with Gasteiger partial charge in [-0.2, -0.15) is 9.78 Å². The molecule has 1 N–H and O–H groups in total. The van der Waals surface area contributed by atoms with Gasteiger partial charge in [-0.15, -0.1) is 0 Å². The molecule has 0 amide bonds. The highest BCUT2D eigenvalue weighted by Gasteiger charge is 2.19. The first-order valence-electron chi connectivity index (χ1n) is 11.6. The van der Waals surface area contributed by atoms with Crippen LogP contribution >= 0.6 is 0 Å². The third-order valence-corrected chi connectivity index (χ3v) is 6.64. The lowest BCUT2D eigenvalue weighted by Crippen LogP contribution is -2.23. The van der Waals surface area contributed by atoms with Crippen LogP contribution in [0.15, 0.2) is 102 Å². The van der Waals surface area contributed by atoms with Crippen molar-refractivity contribution in [1.29, 1.82) is 0 Å². The minimum absolute atomic E-state index is 0.191. The van der Waals surface area contributed by atoms with Gasteiger partial charge in [-0.3, -0.25) is 4.79 Å². The zero-order valence-corrected chi connectivity index (χ0v) is 19.0. The molecular formula is C30H20N4O. The SMILES string of the molecule is Cc1ccc2[nH]c3nc(-n4nc(-c5ccccc5)c5ccccc5c4=O)c4ccccc4c3c2c1. The molecule has 3 aromatic heterocycles. The first-order chi connectivity index (χ1) is 17.2. The Morgan fingerprint density at radius 3 is 2.20 bits per heavy atom. The van der Waals surface area contributed by atoms with Gasteiger partial charge in [-0.05, 0) is 30.5 Å². The molecule has 4 aromatic carbocycles. The third kappa shape index (κ3) is 2.91. The first-order valence-corrected chi connectivity index (χ1v) is 11.6. The van der Waals surface area contributed by atoms with E-state index in [1.54, 1.807) is 0 Å². The second-order valence-corrected chi connectivity index (χ2v) is 8.86. The molecular weight excluding hydrogens is 432 g/mol. The molecule has 7 aromatic rings. The van der Waals surface area contributed by atoms with E-state index in [9.17, 15) is 4.79 Å². The van der Waals surface area contributed by atoms with Gasteiger partial charge in [0.25, 0.3) is 5.56 Å². The number of hydrogen-bond acceptors (Lipinski definition) is 3. The minimum Gasteiger partial charge on any atom is -0.339 e. The topological polar surface area (TPSA) is 63.6 Å². The first kappa shape index (κ1) is 19.7. The Balaban J connectivity index is 1.64. The lowest BCUT2D eigenvalue weighted by molar-refractivity contribution is 0.809. The molecule has 5 heteroatoms. The Kier molecular flexibility index (Phi) is 4.14. The Morgan fingerprint density at radius 1 is 0.714 bits per heavy atom. The van der Waals surface area contributed by atoms with E-state index in [0.29, 0.717) is 11.2 Å². The van der Waals surface area contributed by atoms with Gasteiger partial charge >= 0.3 is 0 Å². The van der Waals surface area contributed by atoms with Crippen molar-refractivity contribution < 1.29 is 0 Å². The van der Waals surface area contributed by atoms with Crippen LogP contribution in [0.5, 0.6) is 0 Å². The Morgan fingerprint density at radius 2 is 1.40 bits per heavy atom. The predicted octanol–water partition coefficient (Wildman–Crippen LogP) is 6.54. The van der Waals surface area contributed by atoms with E-state index in [2.05, 4.69) is 36.2 Å². The molecule has 5 nitrogen and oxygen atoms in total. The van der Waals surface area contributed by atoms with Crippen molar-refractivity contribution in [1.82, 2.24) is 19.7 Å². The minimum atomic E-state index is -0.191. The fourth-order valence-electron chi connectivity index (χ4n) is 5.01. The van der Waals surface area contributed by atoms with Gasteiger partial charge in [-0.1, -0.05) is 84.4 Å². The highest BCUT2D eigenvalue weighted by molar-refractivity contribution is 6.20. The summed E-state index contributed by atoms with van der Waals surface area (Å²) in [6.07, 6.45) is 0. The van der Waals surface area contributed by atoms with Crippen LogP contribution in [0.1, 0.15) is 5.56 Å². The number of H-pyrrole nitrogens is 1. The molecule has 0 fully saturated rings. The molecule has 0 aliphatic rings. The van der Waals surface area contributed by atoms with Crippen molar-refractivity contribution in [2.45, 2.75) is 6.92 Å². The number of nitrogens with one attached hydrogen (secondary N) is 1. The Labute approximate surface area is 200 Å². The molecule has 0 spiro atoms. The summed E-state index contributed by atoms with van der Waals surface area (Å²) in [7, 11) is 0. The van der Waals surface area contributed by atoms with E-state index >= 15 is 0 Å². The predicted molar refractivity (Wildman–Crippen MR) is 142 cm³/mol. The van der Waals surface area contributed by atoms with Crippen LogP contribution in [0, 0.1) is 6.92 Å². The maximum absolute atomic E-state index is 13.8. The molecule has 35 heavy (non-hydrogen) atoms.